The minimum Gasteiger partial charge on any atom is -0.353 e. The van der Waals surface area contributed by atoms with Crippen molar-refractivity contribution in [3.63, 3.8) is 0 Å². The van der Waals surface area contributed by atoms with E-state index in [-0.39, 0.29) is 23.8 Å². The molecule has 0 radical (unpaired) electrons. The lowest BCUT2D eigenvalue weighted by Crippen LogP contribution is -2.49. The molecule has 1 aliphatic carbocycles. The summed E-state index contributed by atoms with van der Waals surface area (Å²) in [5.41, 5.74) is 7.07. The number of likely N-dealkylation sites (tertiary alicyclic amines) is 1. The molecule has 2 unspecified atom stereocenters. The molecular formula is C22H33N3O2. The van der Waals surface area contributed by atoms with Crippen molar-refractivity contribution < 1.29 is 9.59 Å². The number of nitrogens with zero attached hydrogens (tertiary/aromatic N) is 1. The molecular weight excluding hydrogens is 338 g/mol. The summed E-state index contributed by atoms with van der Waals surface area (Å²) in [7, 11) is 0. The minimum atomic E-state index is 0.0310. The number of rotatable bonds is 6. The van der Waals surface area contributed by atoms with E-state index in [2.05, 4.69) is 17.4 Å². The molecule has 3 rings (SSSR count). The Morgan fingerprint density at radius 2 is 1.74 bits per heavy atom. The topological polar surface area (TPSA) is 75.4 Å². The van der Waals surface area contributed by atoms with Crippen LogP contribution in [0, 0.1) is 11.8 Å². The van der Waals surface area contributed by atoms with E-state index in [0.717, 1.165) is 32.1 Å². The van der Waals surface area contributed by atoms with Gasteiger partial charge in [0, 0.05) is 31.5 Å². The van der Waals surface area contributed by atoms with Crippen LogP contribution in [-0.2, 0) is 16.0 Å². The second-order valence-electron chi connectivity index (χ2n) is 8.04. The van der Waals surface area contributed by atoms with Crippen molar-refractivity contribution in [1.82, 2.24) is 10.2 Å². The van der Waals surface area contributed by atoms with E-state index in [9.17, 15) is 9.59 Å². The third-order valence-corrected chi connectivity index (χ3v) is 6.23. The SMILES string of the molecule is NCC1CCCCC1NC(=O)C1CCN(C(=O)CCc2ccccc2)CC1. The molecule has 1 heterocycles. The highest BCUT2D eigenvalue weighted by Gasteiger charge is 2.31. The summed E-state index contributed by atoms with van der Waals surface area (Å²) in [6.45, 7) is 2.03. The number of hydrogen-bond donors (Lipinski definition) is 2. The largest absolute Gasteiger partial charge is 0.353 e. The molecule has 0 bridgehead atoms. The Hall–Kier alpha value is -1.88. The van der Waals surface area contributed by atoms with Crippen LogP contribution < -0.4 is 11.1 Å². The molecule has 2 atom stereocenters. The number of carbonyl (C=O) groups is 2. The first-order valence-electron chi connectivity index (χ1n) is 10.5. The Labute approximate surface area is 162 Å². The number of nitrogens with one attached hydrogen (secondary N) is 1. The maximum Gasteiger partial charge on any atom is 0.223 e. The van der Waals surface area contributed by atoms with E-state index >= 15 is 0 Å². The van der Waals surface area contributed by atoms with E-state index in [0.29, 0.717) is 32.0 Å². The van der Waals surface area contributed by atoms with Gasteiger partial charge in [0.25, 0.3) is 0 Å². The molecule has 2 aliphatic rings. The highest BCUT2D eigenvalue weighted by atomic mass is 16.2. The monoisotopic (exact) mass is 371 g/mol. The summed E-state index contributed by atoms with van der Waals surface area (Å²) in [5, 5.41) is 3.26. The van der Waals surface area contributed by atoms with Crippen molar-refractivity contribution in [3.8, 4) is 0 Å². The van der Waals surface area contributed by atoms with E-state index < -0.39 is 0 Å². The number of amides is 2. The molecule has 0 aromatic heterocycles. The first-order valence-corrected chi connectivity index (χ1v) is 10.5. The molecule has 1 saturated heterocycles. The Bertz CT molecular complexity index is 611. The third-order valence-electron chi connectivity index (χ3n) is 6.23. The smallest absolute Gasteiger partial charge is 0.223 e. The molecule has 3 N–H and O–H groups in total. The van der Waals surface area contributed by atoms with Gasteiger partial charge in [0.1, 0.15) is 0 Å². The zero-order valence-corrected chi connectivity index (χ0v) is 16.2. The first-order chi connectivity index (χ1) is 13.2. The predicted octanol–water partition coefficient (Wildman–Crippen LogP) is 2.49. The van der Waals surface area contributed by atoms with Crippen molar-refractivity contribution >= 4 is 11.8 Å². The van der Waals surface area contributed by atoms with Crippen molar-refractivity contribution in [1.29, 1.82) is 0 Å². The molecule has 1 aliphatic heterocycles. The molecule has 2 fully saturated rings. The molecule has 0 spiro atoms. The van der Waals surface area contributed by atoms with Gasteiger partial charge in [-0.2, -0.15) is 0 Å². The van der Waals surface area contributed by atoms with E-state index in [4.69, 9.17) is 5.73 Å². The lowest BCUT2D eigenvalue weighted by atomic mass is 9.84. The van der Waals surface area contributed by atoms with E-state index in [1.165, 1.54) is 18.4 Å². The molecule has 1 aromatic rings. The Morgan fingerprint density at radius 1 is 1.04 bits per heavy atom. The molecule has 1 aromatic carbocycles. The normalized spacial score (nSPS) is 23.8. The van der Waals surface area contributed by atoms with Gasteiger partial charge < -0.3 is 16.0 Å². The fourth-order valence-electron chi connectivity index (χ4n) is 4.43. The molecule has 1 saturated carbocycles. The van der Waals surface area contributed by atoms with Crippen molar-refractivity contribution in [2.75, 3.05) is 19.6 Å². The second-order valence-corrected chi connectivity index (χ2v) is 8.04. The van der Waals surface area contributed by atoms with E-state index in [1.807, 2.05) is 23.1 Å². The van der Waals surface area contributed by atoms with Gasteiger partial charge in [-0.3, -0.25) is 9.59 Å². The zero-order valence-electron chi connectivity index (χ0n) is 16.2. The number of carbonyl (C=O) groups excluding carboxylic acids is 2. The van der Waals surface area contributed by atoms with Crippen LogP contribution in [0.1, 0.15) is 50.5 Å². The van der Waals surface area contributed by atoms with Crippen LogP contribution >= 0.6 is 0 Å². The predicted molar refractivity (Wildman–Crippen MR) is 107 cm³/mol. The Balaban J connectivity index is 1.41. The quantitative estimate of drug-likeness (QED) is 0.807. The van der Waals surface area contributed by atoms with Crippen molar-refractivity contribution in [2.45, 2.75) is 57.4 Å². The number of benzene rings is 1. The third kappa shape index (κ3) is 5.55. The maximum atomic E-state index is 12.7. The lowest BCUT2D eigenvalue weighted by molar-refractivity contribution is -0.136. The summed E-state index contributed by atoms with van der Waals surface area (Å²) in [4.78, 5) is 27.0. The Kier molecular flexibility index (Phi) is 7.27. The summed E-state index contributed by atoms with van der Waals surface area (Å²) in [6.07, 6.45) is 7.42. The van der Waals surface area contributed by atoms with Crippen LogP contribution in [0.2, 0.25) is 0 Å². The lowest BCUT2D eigenvalue weighted by Gasteiger charge is -2.35. The average Bonchev–Trinajstić information content (AvgIpc) is 2.73. The molecule has 5 nitrogen and oxygen atoms in total. The van der Waals surface area contributed by atoms with Gasteiger partial charge in [-0.25, -0.2) is 0 Å². The van der Waals surface area contributed by atoms with Crippen molar-refractivity contribution in [2.24, 2.45) is 17.6 Å². The van der Waals surface area contributed by atoms with Crippen LogP contribution in [0.15, 0.2) is 30.3 Å². The fourth-order valence-corrected chi connectivity index (χ4v) is 4.43. The minimum absolute atomic E-state index is 0.0310. The van der Waals surface area contributed by atoms with Gasteiger partial charge in [-0.05, 0) is 50.1 Å². The molecule has 148 valence electrons. The molecule has 2 amide bonds. The summed E-state index contributed by atoms with van der Waals surface area (Å²) in [5.74, 6) is 0.816. The molecule has 5 heteroatoms. The van der Waals surface area contributed by atoms with Crippen LogP contribution in [0.25, 0.3) is 0 Å². The summed E-state index contributed by atoms with van der Waals surface area (Å²) < 4.78 is 0. The van der Waals surface area contributed by atoms with Crippen LogP contribution in [0.3, 0.4) is 0 Å². The highest BCUT2D eigenvalue weighted by Crippen LogP contribution is 2.25. The average molecular weight is 372 g/mol. The van der Waals surface area contributed by atoms with Gasteiger partial charge in [0.15, 0.2) is 0 Å². The number of nitrogens with two attached hydrogens (primary N) is 1. The van der Waals surface area contributed by atoms with Gasteiger partial charge in [-0.1, -0.05) is 43.2 Å². The standard InChI is InChI=1S/C22H33N3O2/c23-16-19-8-4-5-9-20(19)24-22(27)18-12-14-25(15-13-18)21(26)11-10-17-6-2-1-3-7-17/h1-3,6-7,18-20H,4-5,8-16,23H2,(H,24,27). The zero-order chi connectivity index (χ0) is 19.1. The number of aryl methyl sites for hydroxylation is 1. The maximum absolute atomic E-state index is 12.7. The molecule has 27 heavy (non-hydrogen) atoms. The highest BCUT2D eigenvalue weighted by molar-refractivity contribution is 5.80. The van der Waals surface area contributed by atoms with Gasteiger partial charge >= 0.3 is 0 Å². The second kappa shape index (κ2) is 9.88. The van der Waals surface area contributed by atoms with E-state index in [1.54, 1.807) is 0 Å². The first kappa shape index (κ1) is 19.9. The fraction of sp³-hybridized carbons (Fsp3) is 0.636. The number of piperidine rings is 1. The van der Waals surface area contributed by atoms with Gasteiger partial charge in [0.2, 0.25) is 11.8 Å². The summed E-state index contributed by atoms with van der Waals surface area (Å²) >= 11 is 0. The van der Waals surface area contributed by atoms with Gasteiger partial charge in [0.05, 0.1) is 0 Å². The van der Waals surface area contributed by atoms with Crippen LogP contribution in [0.4, 0.5) is 0 Å². The number of hydrogen-bond acceptors (Lipinski definition) is 3. The van der Waals surface area contributed by atoms with Crippen molar-refractivity contribution in [3.05, 3.63) is 35.9 Å². The van der Waals surface area contributed by atoms with Crippen LogP contribution in [-0.4, -0.2) is 42.4 Å². The summed E-state index contributed by atoms with van der Waals surface area (Å²) in [6, 6.07) is 10.4. The van der Waals surface area contributed by atoms with Crippen LogP contribution in [0.5, 0.6) is 0 Å². The Morgan fingerprint density at radius 3 is 2.44 bits per heavy atom. The van der Waals surface area contributed by atoms with Gasteiger partial charge in [-0.15, -0.1) is 0 Å².